The maximum absolute atomic E-state index is 11.2. The van der Waals surface area contributed by atoms with E-state index >= 15 is 0 Å². The Hall–Kier alpha value is -0.940. The number of hydrogen-bond donors (Lipinski definition) is 3. The Bertz CT molecular complexity index is 215. The topological polar surface area (TPSA) is 86.6 Å². The molecule has 0 aliphatic heterocycles. The average Bonchev–Trinajstić information content (AvgIpc) is 2.11. The molecule has 5 heteroatoms. The van der Waals surface area contributed by atoms with Gasteiger partial charge in [0.05, 0.1) is 0 Å². The molecule has 0 saturated carbocycles. The summed E-state index contributed by atoms with van der Waals surface area (Å²) in [6, 6.07) is -0.882. The molecule has 0 bridgehead atoms. The summed E-state index contributed by atoms with van der Waals surface area (Å²) in [4.78, 5) is 21.8. The van der Waals surface area contributed by atoms with Crippen LogP contribution in [0.15, 0.2) is 0 Å². The molecule has 14 heavy (non-hydrogen) atoms. The Morgan fingerprint density at radius 2 is 1.86 bits per heavy atom. The molecular weight excluding hydrogens is 186 g/mol. The molecule has 0 saturated heterocycles. The molecule has 0 aromatic carbocycles. The number of aliphatic hydroxyl groups is 1. The maximum Gasteiger partial charge on any atom is 0.320 e. The third-order valence-corrected chi connectivity index (χ3v) is 2.00. The van der Waals surface area contributed by atoms with E-state index in [9.17, 15) is 14.7 Å². The highest BCUT2D eigenvalue weighted by molar-refractivity contribution is 5.85. The van der Waals surface area contributed by atoms with Gasteiger partial charge in [0.1, 0.15) is 12.1 Å². The van der Waals surface area contributed by atoms with E-state index in [-0.39, 0.29) is 18.1 Å². The number of carboxylic acids is 1. The van der Waals surface area contributed by atoms with Gasteiger partial charge in [-0.15, -0.1) is 0 Å². The highest BCUT2D eigenvalue weighted by Crippen LogP contribution is 2.06. The van der Waals surface area contributed by atoms with Crippen LogP contribution in [-0.2, 0) is 9.59 Å². The minimum absolute atomic E-state index is 0.0944. The van der Waals surface area contributed by atoms with Crippen molar-refractivity contribution in [3.05, 3.63) is 0 Å². The van der Waals surface area contributed by atoms with Crippen molar-refractivity contribution in [2.75, 3.05) is 7.05 Å². The molecule has 0 spiro atoms. The Morgan fingerprint density at radius 1 is 1.36 bits per heavy atom. The molecule has 0 rings (SSSR count). The van der Waals surface area contributed by atoms with E-state index < -0.39 is 18.1 Å². The van der Waals surface area contributed by atoms with Crippen LogP contribution in [0.3, 0.4) is 0 Å². The molecule has 0 aromatic heterocycles. The van der Waals surface area contributed by atoms with Crippen molar-refractivity contribution < 1.29 is 19.8 Å². The summed E-state index contributed by atoms with van der Waals surface area (Å²) < 4.78 is 0. The van der Waals surface area contributed by atoms with E-state index in [1.165, 1.54) is 7.05 Å². The normalized spacial score (nSPS) is 15.2. The predicted molar refractivity (Wildman–Crippen MR) is 51.0 cm³/mol. The number of hydrogen-bond acceptors (Lipinski definition) is 4. The lowest BCUT2D eigenvalue weighted by molar-refractivity contribution is -0.141. The first-order chi connectivity index (χ1) is 6.40. The number of aliphatic hydroxyl groups excluding tert-OH is 1. The lowest BCUT2D eigenvalue weighted by Gasteiger charge is -2.16. The van der Waals surface area contributed by atoms with Crippen molar-refractivity contribution in [1.82, 2.24) is 5.32 Å². The van der Waals surface area contributed by atoms with Crippen LogP contribution in [0, 0.1) is 5.92 Å². The molecule has 3 N–H and O–H groups in total. The van der Waals surface area contributed by atoms with Crippen molar-refractivity contribution in [2.24, 2.45) is 5.92 Å². The van der Waals surface area contributed by atoms with Gasteiger partial charge in [0.15, 0.2) is 5.78 Å². The summed E-state index contributed by atoms with van der Waals surface area (Å²) in [7, 11) is 1.48. The quantitative estimate of drug-likeness (QED) is 0.548. The second-order valence-electron chi connectivity index (χ2n) is 3.49. The van der Waals surface area contributed by atoms with E-state index in [1.807, 2.05) is 0 Å². The lowest BCUT2D eigenvalue weighted by atomic mass is 9.98. The van der Waals surface area contributed by atoms with Crippen molar-refractivity contribution in [1.29, 1.82) is 0 Å². The second-order valence-corrected chi connectivity index (χ2v) is 3.49. The van der Waals surface area contributed by atoms with Crippen molar-refractivity contribution in [3.63, 3.8) is 0 Å². The number of likely N-dealkylation sites (N-methyl/N-ethyl adjacent to an activating group) is 1. The van der Waals surface area contributed by atoms with Crippen LogP contribution in [0.2, 0.25) is 0 Å². The van der Waals surface area contributed by atoms with Gasteiger partial charge in [-0.25, -0.2) is 0 Å². The minimum Gasteiger partial charge on any atom is -0.480 e. The number of carbonyl (C=O) groups is 2. The molecule has 2 unspecified atom stereocenters. The number of rotatable bonds is 6. The van der Waals surface area contributed by atoms with Crippen molar-refractivity contribution in [3.8, 4) is 0 Å². The Balaban J connectivity index is 4.22. The summed E-state index contributed by atoms with van der Waals surface area (Å²) >= 11 is 0. The summed E-state index contributed by atoms with van der Waals surface area (Å²) in [6.07, 6.45) is -1.30. The summed E-state index contributed by atoms with van der Waals surface area (Å²) in [5.41, 5.74) is 0. The standard InChI is InChI=1S/C9H17NO4/c1-5(2)8(12)7(11)4-6(10-3)9(13)14/h5-7,10-11H,4H2,1-3H3,(H,13,14). The third-order valence-electron chi connectivity index (χ3n) is 2.00. The van der Waals surface area contributed by atoms with Crippen LogP contribution in [0.25, 0.3) is 0 Å². The first kappa shape index (κ1) is 13.1. The lowest BCUT2D eigenvalue weighted by Crippen LogP contribution is -2.40. The van der Waals surface area contributed by atoms with Gasteiger partial charge in [-0.05, 0) is 7.05 Å². The van der Waals surface area contributed by atoms with E-state index in [0.29, 0.717) is 0 Å². The molecule has 82 valence electrons. The fraction of sp³-hybridized carbons (Fsp3) is 0.778. The fourth-order valence-electron chi connectivity index (χ4n) is 1.07. The number of carboxylic acid groups (broad SMARTS) is 1. The van der Waals surface area contributed by atoms with Crippen molar-refractivity contribution in [2.45, 2.75) is 32.4 Å². The average molecular weight is 203 g/mol. The molecule has 0 aromatic rings. The third kappa shape index (κ3) is 3.85. The monoisotopic (exact) mass is 203 g/mol. The highest BCUT2D eigenvalue weighted by Gasteiger charge is 2.25. The van der Waals surface area contributed by atoms with Crippen LogP contribution in [0.5, 0.6) is 0 Å². The maximum atomic E-state index is 11.2. The van der Waals surface area contributed by atoms with Gasteiger partial charge in [0, 0.05) is 12.3 Å². The van der Waals surface area contributed by atoms with Gasteiger partial charge in [0.25, 0.3) is 0 Å². The zero-order valence-corrected chi connectivity index (χ0v) is 8.65. The van der Waals surface area contributed by atoms with Crippen LogP contribution in [0.4, 0.5) is 0 Å². The number of Topliss-reactive ketones (excluding diaryl/α,β-unsaturated/α-hetero) is 1. The van der Waals surface area contributed by atoms with Gasteiger partial charge >= 0.3 is 5.97 Å². The molecule has 0 amide bonds. The van der Waals surface area contributed by atoms with Crippen LogP contribution >= 0.6 is 0 Å². The molecule has 2 atom stereocenters. The fourth-order valence-corrected chi connectivity index (χ4v) is 1.07. The Morgan fingerprint density at radius 3 is 2.14 bits per heavy atom. The zero-order valence-electron chi connectivity index (χ0n) is 8.65. The predicted octanol–water partition coefficient (Wildman–Crippen LogP) is -0.365. The van der Waals surface area contributed by atoms with E-state index in [2.05, 4.69) is 5.32 Å². The van der Waals surface area contributed by atoms with E-state index in [1.54, 1.807) is 13.8 Å². The molecular formula is C9H17NO4. The smallest absolute Gasteiger partial charge is 0.320 e. The van der Waals surface area contributed by atoms with Crippen LogP contribution in [-0.4, -0.2) is 41.2 Å². The van der Waals surface area contributed by atoms with Gasteiger partial charge in [0.2, 0.25) is 0 Å². The van der Waals surface area contributed by atoms with Gasteiger partial charge in [-0.1, -0.05) is 13.8 Å². The Kier molecular flexibility index (Phi) is 5.34. The minimum atomic E-state index is -1.21. The largest absolute Gasteiger partial charge is 0.480 e. The summed E-state index contributed by atoms with van der Waals surface area (Å²) in [5, 5.41) is 20.6. The van der Waals surface area contributed by atoms with Crippen LogP contribution < -0.4 is 5.32 Å². The van der Waals surface area contributed by atoms with E-state index in [0.717, 1.165) is 0 Å². The first-order valence-electron chi connectivity index (χ1n) is 4.52. The summed E-state index contributed by atoms with van der Waals surface area (Å²) in [5.74, 6) is -1.68. The van der Waals surface area contributed by atoms with Crippen molar-refractivity contribution >= 4 is 11.8 Å². The first-order valence-corrected chi connectivity index (χ1v) is 4.52. The number of nitrogens with one attached hydrogen (secondary N) is 1. The van der Waals surface area contributed by atoms with Gasteiger partial charge in [-0.3, -0.25) is 9.59 Å². The molecule has 0 heterocycles. The highest BCUT2D eigenvalue weighted by atomic mass is 16.4. The molecule has 0 radical (unpaired) electrons. The summed E-state index contributed by atoms with van der Waals surface area (Å²) in [6.45, 7) is 3.33. The molecule has 0 aliphatic carbocycles. The molecule has 0 fully saturated rings. The van der Waals surface area contributed by atoms with Gasteiger partial charge in [-0.2, -0.15) is 0 Å². The number of aliphatic carboxylic acids is 1. The molecule has 0 aliphatic rings. The van der Waals surface area contributed by atoms with Crippen LogP contribution in [0.1, 0.15) is 20.3 Å². The SMILES string of the molecule is CNC(CC(O)C(=O)C(C)C)C(=O)O. The molecule has 5 nitrogen and oxygen atoms in total. The number of carbonyl (C=O) groups excluding carboxylic acids is 1. The van der Waals surface area contributed by atoms with E-state index in [4.69, 9.17) is 5.11 Å². The Labute approximate surface area is 83.1 Å². The second kappa shape index (κ2) is 5.72. The van der Waals surface area contributed by atoms with Gasteiger partial charge < -0.3 is 15.5 Å². The zero-order chi connectivity index (χ0) is 11.3. The number of ketones is 1.